The van der Waals surface area contributed by atoms with Crippen molar-refractivity contribution in [2.24, 2.45) is 5.41 Å². The molecule has 5 nitrogen and oxygen atoms in total. The van der Waals surface area contributed by atoms with E-state index < -0.39 is 5.97 Å². The van der Waals surface area contributed by atoms with Crippen molar-refractivity contribution in [3.05, 3.63) is 0 Å². The molecule has 0 aromatic carbocycles. The summed E-state index contributed by atoms with van der Waals surface area (Å²) in [5.74, 6) is -0.989. The molecule has 0 bridgehead atoms. The number of hydrogen-bond donors (Lipinski definition) is 3. The predicted molar refractivity (Wildman–Crippen MR) is 69.3 cm³/mol. The van der Waals surface area contributed by atoms with Crippen molar-refractivity contribution >= 4 is 11.9 Å². The van der Waals surface area contributed by atoms with Gasteiger partial charge in [-0.05, 0) is 24.7 Å². The molecule has 1 unspecified atom stereocenters. The Morgan fingerprint density at radius 3 is 2.39 bits per heavy atom. The van der Waals surface area contributed by atoms with Crippen LogP contribution in [0, 0.1) is 5.41 Å². The number of carboxylic acids is 1. The van der Waals surface area contributed by atoms with E-state index in [0.717, 1.165) is 12.8 Å². The SMILES string of the molecule is CC(C)(C)CC(CC(=O)O)NC(=O)CNC1CC1. The van der Waals surface area contributed by atoms with E-state index in [4.69, 9.17) is 5.11 Å². The second kappa shape index (κ2) is 6.18. The third kappa shape index (κ3) is 7.27. The third-order valence-electron chi connectivity index (χ3n) is 2.77. The van der Waals surface area contributed by atoms with Crippen molar-refractivity contribution in [1.82, 2.24) is 10.6 Å². The summed E-state index contributed by atoms with van der Waals surface area (Å²) in [6.07, 6.45) is 2.91. The van der Waals surface area contributed by atoms with E-state index in [0.29, 0.717) is 12.5 Å². The lowest BCUT2D eigenvalue weighted by atomic mass is 9.87. The van der Waals surface area contributed by atoms with E-state index in [2.05, 4.69) is 10.6 Å². The first-order valence-corrected chi connectivity index (χ1v) is 6.51. The Kier molecular flexibility index (Phi) is 5.14. The van der Waals surface area contributed by atoms with Crippen molar-refractivity contribution in [3.63, 3.8) is 0 Å². The van der Waals surface area contributed by atoms with Gasteiger partial charge in [-0.15, -0.1) is 0 Å². The molecule has 1 saturated carbocycles. The van der Waals surface area contributed by atoms with Crippen LogP contribution in [-0.2, 0) is 9.59 Å². The number of rotatable bonds is 7. The highest BCUT2D eigenvalue weighted by Crippen LogP contribution is 2.22. The Labute approximate surface area is 108 Å². The van der Waals surface area contributed by atoms with Crippen molar-refractivity contribution < 1.29 is 14.7 Å². The molecule has 0 spiro atoms. The summed E-state index contributed by atoms with van der Waals surface area (Å²) in [4.78, 5) is 22.5. The second-order valence-electron chi connectivity index (χ2n) is 6.28. The maximum Gasteiger partial charge on any atom is 0.305 e. The normalized spacial score (nSPS) is 17.3. The summed E-state index contributed by atoms with van der Waals surface area (Å²) in [5, 5.41) is 14.8. The quantitative estimate of drug-likeness (QED) is 0.638. The summed E-state index contributed by atoms with van der Waals surface area (Å²) in [5.41, 5.74) is -0.00266. The van der Waals surface area contributed by atoms with Crippen LogP contribution in [0.1, 0.15) is 46.5 Å². The van der Waals surface area contributed by atoms with Gasteiger partial charge >= 0.3 is 5.97 Å². The number of carboxylic acid groups (broad SMARTS) is 1. The number of nitrogens with one attached hydrogen (secondary N) is 2. The van der Waals surface area contributed by atoms with E-state index in [-0.39, 0.29) is 30.3 Å². The summed E-state index contributed by atoms with van der Waals surface area (Å²) in [6.45, 7) is 6.40. The minimum atomic E-state index is -0.875. The number of carbonyl (C=O) groups excluding carboxylic acids is 1. The van der Waals surface area contributed by atoms with Gasteiger partial charge in [-0.3, -0.25) is 9.59 Å². The lowest BCUT2D eigenvalue weighted by Crippen LogP contribution is -2.43. The van der Waals surface area contributed by atoms with Gasteiger partial charge < -0.3 is 15.7 Å². The summed E-state index contributed by atoms with van der Waals surface area (Å²) in [6, 6.07) is 0.187. The zero-order chi connectivity index (χ0) is 13.8. The fourth-order valence-corrected chi connectivity index (χ4v) is 1.93. The van der Waals surface area contributed by atoms with Crippen molar-refractivity contribution in [2.45, 2.75) is 58.5 Å². The first-order valence-electron chi connectivity index (χ1n) is 6.51. The number of carbonyl (C=O) groups is 2. The van der Waals surface area contributed by atoms with Gasteiger partial charge in [0.1, 0.15) is 0 Å². The van der Waals surface area contributed by atoms with Gasteiger partial charge in [0.15, 0.2) is 0 Å². The standard InChI is InChI=1S/C13H24N2O3/c1-13(2,3)7-10(6-12(17)18)15-11(16)8-14-9-4-5-9/h9-10,14H,4-8H2,1-3H3,(H,15,16)(H,17,18). The fourth-order valence-electron chi connectivity index (χ4n) is 1.93. The van der Waals surface area contributed by atoms with Crippen LogP contribution in [-0.4, -0.2) is 35.6 Å². The molecule has 1 atom stereocenters. The van der Waals surface area contributed by atoms with Crippen molar-refractivity contribution in [1.29, 1.82) is 0 Å². The predicted octanol–water partition coefficient (Wildman–Crippen LogP) is 1.13. The van der Waals surface area contributed by atoms with E-state index >= 15 is 0 Å². The molecule has 18 heavy (non-hydrogen) atoms. The molecule has 0 aliphatic heterocycles. The average Bonchev–Trinajstić information content (AvgIpc) is 2.93. The van der Waals surface area contributed by atoms with Gasteiger partial charge in [0.2, 0.25) is 5.91 Å². The van der Waals surface area contributed by atoms with Crippen LogP contribution >= 0.6 is 0 Å². The zero-order valence-corrected chi connectivity index (χ0v) is 11.5. The van der Waals surface area contributed by atoms with E-state index in [1.807, 2.05) is 20.8 Å². The Morgan fingerprint density at radius 1 is 1.33 bits per heavy atom. The Hall–Kier alpha value is -1.10. The first kappa shape index (κ1) is 15.0. The molecule has 5 heteroatoms. The number of aliphatic carboxylic acids is 1. The Morgan fingerprint density at radius 2 is 1.94 bits per heavy atom. The molecule has 1 amide bonds. The first-order chi connectivity index (χ1) is 8.26. The fraction of sp³-hybridized carbons (Fsp3) is 0.846. The van der Waals surface area contributed by atoms with Gasteiger partial charge in [0.25, 0.3) is 0 Å². The van der Waals surface area contributed by atoms with Gasteiger partial charge in [-0.25, -0.2) is 0 Å². The second-order valence-corrected chi connectivity index (χ2v) is 6.28. The highest BCUT2D eigenvalue weighted by Gasteiger charge is 2.24. The molecule has 104 valence electrons. The summed E-state index contributed by atoms with van der Waals surface area (Å²) < 4.78 is 0. The molecule has 1 aliphatic rings. The molecule has 0 aromatic rings. The molecule has 1 rings (SSSR count). The largest absolute Gasteiger partial charge is 0.481 e. The number of amides is 1. The van der Waals surface area contributed by atoms with Crippen LogP contribution in [0.15, 0.2) is 0 Å². The van der Waals surface area contributed by atoms with Crippen LogP contribution in [0.3, 0.4) is 0 Å². The number of hydrogen-bond acceptors (Lipinski definition) is 3. The van der Waals surface area contributed by atoms with Gasteiger partial charge in [-0.1, -0.05) is 20.8 Å². The summed E-state index contributed by atoms with van der Waals surface area (Å²) in [7, 11) is 0. The zero-order valence-electron chi connectivity index (χ0n) is 11.5. The highest BCUT2D eigenvalue weighted by molar-refractivity contribution is 5.79. The van der Waals surface area contributed by atoms with Crippen LogP contribution in [0.5, 0.6) is 0 Å². The van der Waals surface area contributed by atoms with E-state index in [1.165, 1.54) is 0 Å². The third-order valence-corrected chi connectivity index (χ3v) is 2.77. The van der Waals surface area contributed by atoms with Crippen LogP contribution in [0.25, 0.3) is 0 Å². The van der Waals surface area contributed by atoms with Crippen molar-refractivity contribution in [2.75, 3.05) is 6.54 Å². The molecule has 0 radical (unpaired) electrons. The summed E-state index contributed by atoms with van der Waals surface area (Å²) >= 11 is 0. The maximum atomic E-state index is 11.7. The lowest BCUT2D eigenvalue weighted by molar-refractivity contribution is -0.137. The Balaban J connectivity index is 2.37. The average molecular weight is 256 g/mol. The maximum absolute atomic E-state index is 11.7. The molecular formula is C13H24N2O3. The molecule has 0 aromatic heterocycles. The van der Waals surface area contributed by atoms with Crippen LogP contribution in [0.4, 0.5) is 0 Å². The molecule has 1 aliphatic carbocycles. The topological polar surface area (TPSA) is 78.4 Å². The highest BCUT2D eigenvalue weighted by atomic mass is 16.4. The van der Waals surface area contributed by atoms with Crippen LogP contribution < -0.4 is 10.6 Å². The minimum Gasteiger partial charge on any atom is -0.481 e. The molecule has 1 fully saturated rings. The van der Waals surface area contributed by atoms with Gasteiger partial charge in [0, 0.05) is 12.1 Å². The molecule has 0 saturated heterocycles. The lowest BCUT2D eigenvalue weighted by Gasteiger charge is -2.25. The van der Waals surface area contributed by atoms with E-state index in [9.17, 15) is 9.59 Å². The van der Waals surface area contributed by atoms with E-state index in [1.54, 1.807) is 0 Å². The van der Waals surface area contributed by atoms with Gasteiger partial charge in [-0.2, -0.15) is 0 Å². The van der Waals surface area contributed by atoms with Gasteiger partial charge in [0.05, 0.1) is 13.0 Å². The molecular weight excluding hydrogens is 232 g/mol. The van der Waals surface area contributed by atoms with Crippen LogP contribution in [0.2, 0.25) is 0 Å². The molecule has 0 heterocycles. The monoisotopic (exact) mass is 256 g/mol. The van der Waals surface area contributed by atoms with Crippen molar-refractivity contribution in [3.8, 4) is 0 Å². The molecule has 3 N–H and O–H groups in total. The smallest absolute Gasteiger partial charge is 0.305 e. The Bertz CT molecular complexity index is 306. The minimum absolute atomic E-state index is 0.00266.